The van der Waals surface area contributed by atoms with E-state index in [0.29, 0.717) is 12.2 Å². The van der Waals surface area contributed by atoms with Crippen LogP contribution in [0, 0.1) is 19.8 Å². The van der Waals surface area contributed by atoms with Crippen LogP contribution in [0.25, 0.3) is 0 Å². The van der Waals surface area contributed by atoms with Crippen molar-refractivity contribution in [3.05, 3.63) is 29.3 Å². The number of piperidine rings is 1. The summed E-state index contributed by atoms with van der Waals surface area (Å²) in [5.74, 6) is 0.542. The molecule has 1 saturated heterocycles. The molecule has 7 heteroatoms. The molecule has 1 heterocycles. The van der Waals surface area contributed by atoms with Gasteiger partial charge in [-0.05, 0) is 88.8 Å². The zero-order valence-corrected chi connectivity index (χ0v) is 18.7. The Morgan fingerprint density at radius 3 is 2.46 bits per heavy atom. The fraction of sp³-hybridized carbons (Fsp3) is 0.667. The molecule has 28 heavy (non-hydrogen) atoms. The van der Waals surface area contributed by atoms with Crippen molar-refractivity contribution >= 4 is 21.6 Å². The van der Waals surface area contributed by atoms with E-state index in [1.165, 1.54) is 17.1 Å². The van der Waals surface area contributed by atoms with Crippen LogP contribution in [0.5, 0.6) is 0 Å². The van der Waals surface area contributed by atoms with Gasteiger partial charge in [-0.1, -0.05) is 13.0 Å². The number of amides is 1. The van der Waals surface area contributed by atoms with Gasteiger partial charge in [0.1, 0.15) is 6.04 Å². The number of nitrogens with zero attached hydrogens (tertiary/aromatic N) is 2. The second kappa shape index (κ2) is 9.74. The molecular formula is C21H35N3O3S. The van der Waals surface area contributed by atoms with Crippen LogP contribution in [0.15, 0.2) is 18.2 Å². The molecule has 1 atom stereocenters. The normalized spacial score (nSPS) is 17.3. The maximum Gasteiger partial charge on any atom is 0.243 e. The molecule has 0 radical (unpaired) electrons. The Hall–Kier alpha value is -1.60. The van der Waals surface area contributed by atoms with Gasteiger partial charge in [-0.2, -0.15) is 0 Å². The molecule has 0 aliphatic carbocycles. The summed E-state index contributed by atoms with van der Waals surface area (Å²) in [5, 5.41) is 2.91. The van der Waals surface area contributed by atoms with E-state index < -0.39 is 16.1 Å². The van der Waals surface area contributed by atoms with Gasteiger partial charge < -0.3 is 10.2 Å². The van der Waals surface area contributed by atoms with Crippen LogP contribution in [0.1, 0.15) is 44.2 Å². The average molecular weight is 410 g/mol. The minimum absolute atomic E-state index is 0.268. The highest BCUT2D eigenvalue weighted by Gasteiger charge is 2.29. The number of nitrogens with one attached hydrogen (secondary N) is 1. The lowest BCUT2D eigenvalue weighted by Gasteiger charge is -2.30. The maximum absolute atomic E-state index is 12.6. The molecule has 1 aliphatic rings. The molecule has 1 aliphatic heterocycles. The summed E-state index contributed by atoms with van der Waals surface area (Å²) < 4.78 is 26.0. The molecule has 1 aromatic rings. The van der Waals surface area contributed by atoms with Crippen molar-refractivity contribution < 1.29 is 13.2 Å². The molecule has 1 amide bonds. The number of benzene rings is 1. The quantitative estimate of drug-likeness (QED) is 0.670. The van der Waals surface area contributed by atoms with E-state index >= 15 is 0 Å². The van der Waals surface area contributed by atoms with E-state index in [1.54, 1.807) is 13.0 Å². The van der Waals surface area contributed by atoms with Gasteiger partial charge in [-0.3, -0.25) is 9.10 Å². The third-order valence-electron chi connectivity index (χ3n) is 5.66. The van der Waals surface area contributed by atoms with E-state index in [1.807, 2.05) is 26.0 Å². The van der Waals surface area contributed by atoms with Crippen LogP contribution in [-0.4, -0.2) is 57.7 Å². The smallest absolute Gasteiger partial charge is 0.243 e. The minimum Gasteiger partial charge on any atom is -0.354 e. The van der Waals surface area contributed by atoms with Gasteiger partial charge in [0.2, 0.25) is 15.9 Å². The summed E-state index contributed by atoms with van der Waals surface area (Å²) in [7, 11) is -3.58. The third kappa shape index (κ3) is 6.21. The van der Waals surface area contributed by atoms with Crippen molar-refractivity contribution in [1.82, 2.24) is 10.2 Å². The monoisotopic (exact) mass is 409 g/mol. The summed E-state index contributed by atoms with van der Waals surface area (Å²) >= 11 is 0. The lowest BCUT2D eigenvalue weighted by Crippen LogP contribution is -2.48. The topological polar surface area (TPSA) is 69.7 Å². The molecule has 1 unspecified atom stereocenters. The van der Waals surface area contributed by atoms with E-state index in [2.05, 4.69) is 17.1 Å². The lowest BCUT2D eigenvalue weighted by atomic mass is 9.99. The summed E-state index contributed by atoms with van der Waals surface area (Å²) in [6.45, 7) is 11.6. The van der Waals surface area contributed by atoms with E-state index in [0.717, 1.165) is 49.4 Å². The molecule has 0 spiro atoms. The number of hydrogen-bond donors (Lipinski definition) is 1. The number of hydrogen-bond acceptors (Lipinski definition) is 4. The zero-order chi connectivity index (χ0) is 20.9. The molecule has 0 saturated carbocycles. The van der Waals surface area contributed by atoms with Gasteiger partial charge in [-0.15, -0.1) is 0 Å². The van der Waals surface area contributed by atoms with Crippen LogP contribution < -0.4 is 9.62 Å². The third-order valence-corrected chi connectivity index (χ3v) is 6.90. The number of likely N-dealkylation sites (tertiary alicyclic amines) is 1. The van der Waals surface area contributed by atoms with Gasteiger partial charge in [-0.25, -0.2) is 8.42 Å². The van der Waals surface area contributed by atoms with Gasteiger partial charge in [0.15, 0.2) is 0 Å². The molecule has 2 rings (SSSR count). The Labute approximate surface area is 170 Å². The fourth-order valence-electron chi connectivity index (χ4n) is 3.62. The average Bonchev–Trinajstić information content (AvgIpc) is 2.62. The zero-order valence-electron chi connectivity index (χ0n) is 17.9. The summed E-state index contributed by atoms with van der Waals surface area (Å²) in [5.41, 5.74) is 2.60. The predicted octanol–water partition coefficient (Wildman–Crippen LogP) is 2.70. The SMILES string of the molecule is Cc1ccc(N(C(C)C(=O)NCCCN2CCC(C)CC2)S(C)(=O)=O)cc1C. The molecule has 1 fully saturated rings. The first-order valence-electron chi connectivity index (χ1n) is 10.2. The highest BCUT2D eigenvalue weighted by atomic mass is 32.2. The van der Waals surface area contributed by atoms with Crippen LogP contribution in [-0.2, 0) is 14.8 Å². The molecule has 158 valence electrons. The van der Waals surface area contributed by atoms with Crippen LogP contribution in [0.3, 0.4) is 0 Å². The number of sulfonamides is 1. The van der Waals surface area contributed by atoms with E-state index in [4.69, 9.17) is 0 Å². The van der Waals surface area contributed by atoms with E-state index in [-0.39, 0.29) is 5.91 Å². The molecule has 1 aromatic carbocycles. The first-order chi connectivity index (χ1) is 13.1. The van der Waals surface area contributed by atoms with Crippen molar-refractivity contribution in [2.75, 3.05) is 36.7 Å². The minimum atomic E-state index is -3.58. The van der Waals surface area contributed by atoms with Gasteiger partial charge in [0, 0.05) is 6.54 Å². The second-order valence-electron chi connectivity index (χ2n) is 8.17. The van der Waals surface area contributed by atoms with Gasteiger partial charge in [0.05, 0.1) is 11.9 Å². The standard InChI is InChI=1S/C21H35N3O3S/c1-16-9-13-23(14-10-16)12-6-11-22-21(25)19(4)24(28(5,26)27)20-8-7-17(2)18(3)15-20/h7-8,15-16,19H,6,9-14H2,1-5H3,(H,22,25). The largest absolute Gasteiger partial charge is 0.354 e. The molecule has 0 bridgehead atoms. The van der Waals surface area contributed by atoms with Crippen molar-refractivity contribution in [3.8, 4) is 0 Å². The summed E-state index contributed by atoms with van der Waals surface area (Å²) in [6.07, 6.45) is 4.49. The Kier molecular flexibility index (Phi) is 7.89. The van der Waals surface area contributed by atoms with E-state index in [9.17, 15) is 13.2 Å². The first kappa shape index (κ1) is 22.7. The Morgan fingerprint density at radius 2 is 1.89 bits per heavy atom. The first-order valence-corrected chi connectivity index (χ1v) is 12.0. The Morgan fingerprint density at radius 1 is 1.25 bits per heavy atom. The number of anilines is 1. The van der Waals surface area contributed by atoms with Crippen molar-refractivity contribution in [2.24, 2.45) is 5.92 Å². The van der Waals surface area contributed by atoms with Crippen molar-refractivity contribution in [2.45, 2.75) is 53.0 Å². The van der Waals surface area contributed by atoms with Crippen LogP contribution >= 0.6 is 0 Å². The summed E-state index contributed by atoms with van der Waals surface area (Å²) in [6, 6.07) is 4.66. The van der Waals surface area contributed by atoms with Crippen molar-refractivity contribution in [1.29, 1.82) is 0 Å². The van der Waals surface area contributed by atoms with Crippen LogP contribution in [0.2, 0.25) is 0 Å². The Balaban J connectivity index is 1.93. The molecule has 0 aromatic heterocycles. The second-order valence-corrected chi connectivity index (χ2v) is 10.0. The predicted molar refractivity (Wildman–Crippen MR) is 115 cm³/mol. The Bertz CT molecular complexity index is 771. The van der Waals surface area contributed by atoms with Crippen LogP contribution in [0.4, 0.5) is 5.69 Å². The van der Waals surface area contributed by atoms with Gasteiger partial charge >= 0.3 is 0 Å². The molecule has 6 nitrogen and oxygen atoms in total. The fourth-order valence-corrected chi connectivity index (χ4v) is 4.79. The number of rotatable bonds is 8. The number of carbonyl (C=O) groups excluding carboxylic acids is 1. The number of carbonyl (C=O) groups is 1. The highest BCUT2D eigenvalue weighted by molar-refractivity contribution is 7.92. The lowest BCUT2D eigenvalue weighted by molar-refractivity contribution is -0.121. The molecule has 1 N–H and O–H groups in total. The summed E-state index contributed by atoms with van der Waals surface area (Å²) in [4.78, 5) is 15.1. The molecular weight excluding hydrogens is 374 g/mol. The maximum atomic E-state index is 12.6. The van der Waals surface area contributed by atoms with Crippen molar-refractivity contribution in [3.63, 3.8) is 0 Å². The highest BCUT2D eigenvalue weighted by Crippen LogP contribution is 2.23. The number of aryl methyl sites for hydroxylation is 2. The van der Waals surface area contributed by atoms with Gasteiger partial charge in [0.25, 0.3) is 0 Å².